The number of benzene rings is 2. The summed E-state index contributed by atoms with van der Waals surface area (Å²) in [5.41, 5.74) is 0.399. The van der Waals surface area contributed by atoms with E-state index in [0.29, 0.717) is 5.69 Å². The number of methoxy groups -OCH3 is 1. The highest BCUT2D eigenvalue weighted by Gasteiger charge is 2.39. The standard InChI is InChI=1S/C23H26N2O8/c1-14(26)32-20(22(29)24-12-6-9-19(28)31-3)21(33-15(2)27)23(30)25-18-11-10-16-7-4-5-8-17(16)13-18/h4-5,7-8,10-11,13,20-21H,6,9,12H2,1-3H3,(H,24,29)(H,25,30)/t20-,21-/m1/s1. The van der Waals surface area contributed by atoms with Crippen LogP contribution in [0.4, 0.5) is 5.69 Å². The molecule has 0 aliphatic carbocycles. The molecule has 2 N–H and O–H groups in total. The van der Waals surface area contributed by atoms with E-state index >= 15 is 0 Å². The minimum absolute atomic E-state index is 0.0464. The van der Waals surface area contributed by atoms with Crippen molar-refractivity contribution >= 4 is 46.2 Å². The van der Waals surface area contributed by atoms with Crippen molar-refractivity contribution in [1.29, 1.82) is 0 Å². The molecule has 0 saturated carbocycles. The number of fused-ring (bicyclic) bond motifs is 1. The topological polar surface area (TPSA) is 137 Å². The van der Waals surface area contributed by atoms with E-state index in [1.165, 1.54) is 7.11 Å². The first-order valence-electron chi connectivity index (χ1n) is 10.2. The van der Waals surface area contributed by atoms with Crippen LogP contribution >= 0.6 is 0 Å². The molecule has 2 aromatic rings. The van der Waals surface area contributed by atoms with E-state index in [0.717, 1.165) is 24.6 Å². The van der Waals surface area contributed by atoms with Crippen molar-refractivity contribution in [1.82, 2.24) is 5.32 Å². The third-order valence-electron chi connectivity index (χ3n) is 4.48. The maximum atomic E-state index is 12.9. The summed E-state index contributed by atoms with van der Waals surface area (Å²) >= 11 is 0. The Morgan fingerprint density at radius 2 is 1.45 bits per heavy atom. The number of rotatable bonds is 10. The summed E-state index contributed by atoms with van der Waals surface area (Å²) in [5.74, 6) is -3.84. The fourth-order valence-corrected chi connectivity index (χ4v) is 2.99. The highest BCUT2D eigenvalue weighted by Crippen LogP contribution is 2.20. The lowest BCUT2D eigenvalue weighted by Crippen LogP contribution is -2.51. The molecule has 0 heterocycles. The molecule has 0 spiro atoms. The molecule has 2 amide bonds. The molecular weight excluding hydrogens is 432 g/mol. The molecule has 0 aliphatic rings. The largest absolute Gasteiger partial charge is 0.469 e. The maximum Gasteiger partial charge on any atom is 0.305 e. The van der Waals surface area contributed by atoms with Gasteiger partial charge in [0, 0.05) is 32.5 Å². The average molecular weight is 458 g/mol. The lowest BCUT2D eigenvalue weighted by atomic mass is 10.1. The van der Waals surface area contributed by atoms with Gasteiger partial charge in [-0.15, -0.1) is 0 Å². The zero-order chi connectivity index (χ0) is 24.4. The Morgan fingerprint density at radius 1 is 0.848 bits per heavy atom. The molecule has 0 saturated heterocycles. The second-order valence-electron chi connectivity index (χ2n) is 7.08. The average Bonchev–Trinajstić information content (AvgIpc) is 2.78. The summed E-state index contributed by atoms with van der Waals surface area (Å²) in [6.45, 7) is 2.17. The number of hydrogen-bond acceptors (Lipinski definition) is 8. The molecule has 0 fully saturated rings. The molecular formula is C23H26N2O8. The fraction of sp³-hybridized carbons (Fsp3) is 0.348. The van der Waals surface area contributed by atoms with Gasteiger partial charge in [0.15, 0.2) is 0 Å². The van der Waals surface area contributed by atoms with Gasteiger partial charge in [-0.05, 0) is 29.3 Å². The van der Waals surface area contributed by atoms with Crippen LogP contribution in [0.25, 0.3) is 10.8 Å². The van der Waals surface area contributed by atoms with E-state index in [1.807, 2.05) is 24.3 Å². The highest BCUT2D eigenvalue weighted by molar-refractivity contribution is 6.01. The van der Waals surface area contributed by atoms with Gasteiger partial charge in [-0.3, -0.25) is 24.0 Å². The van der Waals surface area contributed by atoms with Gasteiger partial charge in [-0.25, -0.2) is 0 Å². The molecule has 0 aromatic heterocycles. The monoisotopic (exact) mass is 458 g/mol. The Kier molecular flexibility index (Phi) is 9.34. The van der Waals surface area contributed by atoms with Crippen LogP contribution in [-0.4, -0.2) is 55.6 Å². The Hall–Kier alpha value is -3.95. The first-order valence-corrected chi connectivity index (χ1v) is 10.2. The third-order valence-corrected chi connectivity index (χ3v) is 4.48. The van der Waals surface area contributed by atoms with Gasteiger partial charge in [-0.2, -0.15) is 0 Å². The third kappa shape index (κ3) is 7.91. The summed E-state index contributed by atoms with van der Waals surface area (Å²) < 4.78 is 14.6. The second-order valence-corrected chi connectivity index (χ2v) is 7.08. The summed E-state index contributed by atoms with van der Waals surface area (Å²) in [6, 6.07) is 12.7. The molecule has 0 radical (unpaired) electrons. The van der Waals surface area contributed by atoms with Gasteiger partial charge in [0.2, 0.25) is 12.2 Å². The predicted octanol–water partition coefficient (Wildman–Crippen LogP) is 1.71. The number of carbonyl (C=O) groups is 5. The summed E-state index contributed by atoms with van der Waals surface area (Å²) in [7, 11) is 1.25. The Morgan fingerprint density at radius 3 is 2.06 bits per heavy atom. The minimum atomic E-state index is -1.74. The van der Waals surface area contributed by atoms with E-state index in [9.17, 15) is 24.0 Å². The molecule has 33 heavy (non-hydrogen) atoms. The second kappa shape index (κ2) is 12.2. The van der Waals surface area contributed by atoms with Crippen LogP contribution in [0, 0.1) is 0 Å². The van der Waals surface area contributed by atoms with E-state index in [1.54, 1.807) is 18.2 Å². The smallest absolute Gasteiger partial charge is 0.305 e. The van der Waals surface area contributed by atoms with Crippen molar-refractivity contribution in [2.75, 3.05) is 19.0 Å². The summed E-state index contributed by atoms with van der Waals surface area (Å²) in [4.78, 5) is 60.1. The molecule has 176 valence electrons. The van der Waals surface area contributed by atoms with Gasteiger partial charge < -0.3 is 24.8 Å². The van der Waals surface area contributed by atoms with Crippen LogP contribution in [0.1, 0.15) is 26.7 Å². The summed E-state index contributed by atoms with van der Waals surface area (Å²) in [5, 5.41) is 6.87. The van der Waals surface area contributed by atoms with Crippen molar-refractivity contribution in [2.24, 2.45) is 0 Å². The first-order chi connectivity index (χ1) is 15.7. The van der Waals surface area contributed by atoms with E-state index in [2.05, 4.69) is 15.4 Å². The summed E-state index contributed by atoms with van der Waals surface area (Å²) in [6.07, 6.45) is -3.15. The molecule has 2 aromatic carbocycles. The van der Waals surface area contributed by atoms with Crippen molar-refractivity contribution in [2.45, 2.75) is 38.9 Å². The van der Waals surface area contributed by atoms with Gasteiger partial charge in [0.1, 0.15) is 0 Å². The predicted molar refractivity (Wildman–Crippen MR) is 118 cm³/mol. The molecule has 0 aliphatic heterocycles. The van der Waals surface area contributed by atoms with Crippen LogP contribution in [-0.2, 0) is 38.2 Å². The van der Waals surface area contributed by atoms with Gasteiger partial charge in [0.05, 0.1) is 7.11 Å². The van der Waals surface area contributed by atoms with Gasteiger partial charge >= 0.3 is 17.9 Å². The van der Waals surface area contributed by atoms with Crippen LogP contribution in [0.15, 0.2) is 42.5 Å². The van der Waals surface area contributed by atoms with Crippen molar-refractivity contribution in [3.05, 3.63) is 42.5 Å². The first kappa shape index (κ1) is 25.3. The van der Waals surface area contributed by atoms with E-state index in [-0.39, 0.29) is 19.4 Å². The normalized spacial score (nSPS) is 12.2. The number of nitrogens with one attached hydrogen (secondary N) is 2. The SMILES string of the molecule is COC(=O)CCCNC(=O)[C@H](OC(C)=O)[C@@H](OC(C)=O)C(=O)Nc1ccc2ccccc2c1. The van der Waals surface area contributed by atoms with Crippen LogP contribution < -0.4 is 10.6 Å². The number of ether oxygens (including phenoxy) is 3. The zero-order valence-corrected chi connectivity index (χ0v) is 18.6. The number of esters is 3. The highest BCUT2D eigenvalue weighted by atomic mass is 16.6. The fourth-order valence-electron chi connectivity index (χ4n) is 2.99. The lowest BCUT2D eigenvalue weighted by molar-refractivity contribution is -0.173. The molecule has 2 atom stereocenters. The molecule has 2 rings (SSSR count). The molecule has 0 bridgehead atoms. The van der Waals surface area contributed by atoms with Crippen molar-refractivity contribution < 1.29 is 38.2 Å². The van der Waals surface area contributed by atoms with Crippen LogP contribution in [0.5, 0.6) is 0 Å². The maximum absolute atomic E-state index is 12.9. The van der Waals surface area contributed by atoms with Crippen LogP contribution in [0.3, 0.4) is 0 Å². The molecule has 0 unspecified atom stereocenters. The van der Waals surface area contributed by atoms with Crippen LogP contribution in [0.2, 0.25) is 0 Å². The number of amides is 2. The number of anilines is 1. The van der Waals surface area contributed by atoms with Gasteiger partial charge in [-0.1, -0.05) is 30.3 Å². The Labute approximate surface area is 190 Å². The molecule has 10 nitrogen and oxygen atoms in total. The van der Waals surface area contributed by atoms with E-state index < -0.39 is 41.9 Å². The molecule has 10 heteroatoms. The number of carbonyl (C=O) groups excluding carboxylic acids is 5. The Bertz CT molecular complexity index is 1040. The minimum Gasteiger partial charge on any atom is -0.469 e. The van der Waals surface area contributed by atoms with E-state index in [4.69, 9.17) is 9.47 Å². The van der Waals surface area contributed by atoms with Crippen molar-refractivity contribution in [3.8, 4) is 0 Å². The Balaban J connectivity index is 2.18. The van der Waals surface area contributed by atoms with Gasteiger partial charge in [0.25, 0.3) is 11.8 Å². The zero-order valence-electron chi connectivity index (χ0n) is 18.6. The van der Waals surface area contributed by atoms with Crippen molar-refractivity contribution in [3.63, 3.8) is 0 Å². The quantitative estimate of drug-likeness (QED) is 0.312. The number of hydrogen-bond donors (Lipinski definition) is 2. The lowest BCUT2D eigenvalue weighted by Gasteiger charge is -2.24.